The van der Waals surface area contributed by atoms with Crippen LogP contribution >= 0.6 is 0 Å². The van der Waals surface area contributed by atoms with E-state index in [2.05, 4.69) is 12.1 Å². The number of ketones is 1. The predicted molar refractivity (Wildman–Crippen MR) is 66.8 cm³/mol. The summed E-state index contributed by atoms with van der Waals surface area (Å²) in [7, 11) is 0. The molecule has 2 heteroatoms. The topological polar surface area (TPSA) is 40.9 Å². The Morgan fingerprint density at radius 1 is 1.35 bits per heavy atom. The molecule has 0 heterocycles. The van der Waals surface area contributed by atoms with Crippen LogP contribution in [-0.2, 0) is 12.8 Å². The molecule has 0 saturated carbocycles. The van der Waals surface area contributed by atoms with E-state index in [-0.39, 0.29) is 5.78 Å². The van der Waals surface area contributed by atoms with Crippen LogP contribution in [0.2, 0.25) is 0 Å². The number of benzene rings is 1. The first-order valence-electron chi connectivity index (χ1n) is 6.32. The molecule has 1 atom stereocenters. The summed E-state index contributed by atoms with van der Waals surface area (Å²) in [5.74, 6) is -0.514. The van der Waals surface area contributed by atoms with Gasteiger partial charge in [-0.2, -0.15) is 5.26 Å². The highest BCUT2D eigenvalue weighted by Gasteiger charge is 2.19. The Labute approximate surface area is 102 Å². The first-order chi connectivity index (χ1) is 8.26. The number of hydrogen-bond acceptors (Lipinski definition) is 2. The number of Topliss-reactive ketones (excluding diaryl/α,β-unsaturated/α-hetero) is 1. The van der Waals surface area contributed by atoms with Crippen molar-refractivity contribution in [3.8, 4) is 6.07 Å². The number of carbonyl (C=O) groups excluding carboxylic acids is 1. The Morgan fingerprint density at radius 2 is 2.06 bits per heavy atom. The third-order valence-electron chi connectivity index (χ3n) is 3.51. The normalized spacial score (nSPS) is 15.8. The second kappa shape index (κ2) is 5.14. The molecule has 0 amide bonds. The van der Waals surface area contributed by atoms with Crippen LogP contribution in [0.4, 0.5) is 0 Å². The summed E-state index contributed by atoms with van der Waals surface area (Å²) in [4.78, 5) is 12.1. The molecule has 1 aromatic carbocycles. The average molecular weight is 227 g/mol. The highest BCUT2D eigenvalue weighted by Crippen LogP contribution is 2.23. The first-order valence-corrected chi connectivity index (χ1v) is 6.32. The Kier molecular flexibility index (Phi) is 3.58. The molecular formula is C15H17NO. The molecule has 1 unspecified atom stereocenters. The number of nitrogens with zero attached hydrogens (tertiary/aromatic N) is 1. The number of rotatable bonds is 3. The molecule has 0 fully saturated rings. The van der Waals surface area contributed by atoms with Gasteiger partial charge >= 0.3 is 0 Å². The zero-order valence-electron chi connectivity index (χ0n) is 10.2. The van der Waals surface area contributed by atoms with E-state index in [4.69, 9.17) is 5.26 Å². The van der Waals surface area contributed by atoms with Gasteiger partial charge in [0.15, 0.2) is 5.78 Å². The van der Waals surface area contributed by atoms with Crippen molar-refractivity contribution in [3.05, 3.63) is 34.9 Å². The summed E-state index contributed by atoms with van der Waals surface area (Å²) in [6.07, 6.45) is 5.24. The van der Waals surface area contributed by atoms with E-state index in [0.29, 0.717) is 12.0 Å². The van der Waals surface area contributed by atoms with Crippen molar-refractivity contribution >= 4 is 5.78 Å². The third-order valence-corrected chi connectivity index (χ3v) is 3.51. The van der Waals surface area contributed by atoms with Crippen LogP contribution < -0.4 is 0 Å². The third kappa shape index (κ3) is 2.39. The van der Waals surface area contributed by atoms with Crippen molar-refractivity contribution in [2.45, 2.75) is 39.0 Å². The van der Waals surface area contributed by atoms with Gasteiger partial charge in [0.2, 0.25) is 0 Å². The molecule has 1 aliphatic carbocycles. The van der Waals surface area contributed by atoms with Crippen LogP contribution in [0, 0.1) is 17.2 Å². The van der Waals surface area contributed by atoms with Crippen molar-refractivity contribution in [2.75, 3.05) is 0 Å². The maximum atomic E-state index is 12.1. The lowest BCUT2D eigenvalue weighted by atomic mass is 9.88. The lowest BCUT2D eigenvalue weighted by Gasteiger charge is -2.16. The van der Waals surface area contributed by atoms with Crippen molar-refractivity contribution in [3.63, 3.8) is 0 Å². The second-order valence-electron chi connectivity index (χ2n) is 4.64. The van der Waals surface area contributed by atoms with Crippen molar-refractivity contribution < 1.29 is 4.79 Å². The standard InChI is InChI=1S/C15H17NO/c1-2-11(10-16)15(17)14-8-7-12-5-3-4-6-13(12)9-14/h7-9,11H,2-6H2,1H3. The molecule has 17 heavy (non-hydrogen) atoms. The Bertz CT molecular complexity index is 470. The molecule has 0 aromatic heterocycles. The molecule has 0 aliphatic heterocycles. The van der Waals surface area contributed by atoms with E-state index in [0.717, 1.165) is 12.8 Å². The van der Waals surface area contributed by atoms with E-state index in [1.807, 2.05) is 19.1 Å². The minimum absolute atomic E-state index is 0.0247. The summed E-state index contributed by atoms with van der Waals surface area (Å²) >= 11 is 0. The molecule has 1 aromatic rings. The first kappa shape index (κ1) is 11.9. The van der Waals surface area contributed by atoms with E-state index in [1.54, 1.807) is 0 Å². The molecule has 2 nitrogen and oxygen atoms in total. The maximum Gasteiger partial charge on any atom is 0.179 e. The minimum Gasteiger partial charge on any atom is -0.293 e. The molecule has 0 bridgehead atoms. The van der Waals surface area contributed by atoms with Gasteiger partial charge in [0.1, 0.15) is 5.92 Å². The Morgan fingerprint density at radius 3 is 2.71 bits per heavy atom. The molecule has 0 N–H and O–H groups in total. The molecule has 1 aliphatic rings. The van der Waals surface area contributed by atoms with Gasteiger partial charge in [-0.3, -0.25) is 4.79 Å². The smallest absolute Gasteiger partial charge is 0.179 e. The maximum absolute atomic E-state index is 12.1. The molecule has 88 valence electrons. The lowest BCUT2D eigenvalue weighted by Crippen LogP contribution is -2.13. The summed E-state index contributed by atoms with van der Waals surface area (Å²) in [5, 5.41) is 8.93. The van der Waals surface area contributed by atoms with Crippen LogP contribution in [-0.4, -0.2) is 5.78 Å². The van der Waals surface area contributed by atoms with Gasteiger partial charge in [-0.15, -0.1) is 0 Å². The second-order valence-corrected chi connectivity index (χ2v) is 4.64. The molecule has 0 saturated heterocycles. The molecule has 0 radical (unpaired) electrons. The number of fused-ring (bicyclic) bond motifs is 1. The van der Waals surface area contributed by atoms with Gasteiger partial charge in [0, 0.05) is 5.56 Å². The van der Waals surface area contributed by atoms with Crippen LogP contribution in [0.25, 0.3) is 0 Å². The van der Waals surface area contributed by atoms with Crippen LogP contribution in [0.3, 0.4) is 0 Å². The van der Waals surface area contributed by atoms with Crippen molar-refractivity contribution in [1.82, 2.24) is 0 Å². The van der Waals surface area contributed by atoms with E-state index >= 15 is 0 Å². The summed E-state index contributed by atoms with van der Waals surface area (Å²) in [6, 6.07) is 8.02. The highest BCUT2D eigenvalue weighted by molar-refractivity contribution is 5.99. The van der Waals surface area contributed by atoms with E-state index in [1.165, 1.54) is 24.0 Å². The van der Waals surface area contributed by atoms with Crippen molar-refractivity contribution in [1.29, 1.82) is 5.26 Å². The Hall–Kier alpha value is -1.62. The summed E-state index contributed by atoms with van der Waals surface area (Å²) < 4.78 is 0. The van der Waals surface area contributed by atoms with Crippen molar-refractivity contribution in [2.24, 2.45) is 5.92 Å². The van der Waals surface area contributed by atoms with Crippen LogP contribution in [0.15, 0.2) is 18.2 Å². The Balaban J connectivity index is 2.28. The summed E-state index contributed by atoms with van der Waals surface area (Å²) in [5.41, 5.74) is 3.38. The van der Waals surface area contributed by atoms with Gasteiger partial charge in [0.05, 0.1) is 6.07 Å². The van der Waals surface area contributed by atoms with E-state index < -0.39 is 5.92 Å². The zero-order chi connectivity index (χ0) is 12.3. The fraction of sp³-hybridized carbons (Fsp3) is 0.467. The van der Waals surface area contributed by atoms with Gasteiger partial charge in [-0.1, -0.05) is 19.1 Å². The van der Waals surface area contributed by atoms with Gasteiger partial charge in [-0.05, 0) is 49.3 Å². The minimum atomic E-state index is -0.489. The quantitative estimate of drug-likeness (QED) is 0.743. The largest absolute Gasteiger partial charge is 0.293 e. The fourth-order valence-electron chi connectivity index (χ4n) is 2.42. The molecule has 0 spiro atoms. The average Bonchev–Trinajstić information content (AvgIpc) is 2.39. The number of nitriles is 1. The number of carbonyl (C=O) groups is 1. The van der Waals surface area contributed by atoms with Gasteiger partial charge < -0.3 is 0 Å². The molecule has 2 rings (SSSR count). The lowest BCUT2D eigenvalue weighted by molar-refractivity contribution is 0.0946. The molecular weight excluding hydrogens is 210 g/mol. The van der Waals surface area contributed by atoms with Crippen LogP contribution in [0.1, 0.15) is 47.7 Å². The highest BCUT2D eigenvalue weighted by atomic mass is 16.1. The predicted octanol–water partition coefficient (Wildman–Crippen LogP) is 3.30. The van der Waals surface area contributed by atoms with Gasteiger partial charge in [-0.25, -0.2) is 0 Å². The summed E-state index contributed by atoms with van der Waals surface area (Å²) in [6.45, 7) is 1.88. The monoisotopic (exact) mass is 227 g/mol. The zero-order valence-corrected chi connectivity index (χ0v) is 10.2. The number of aryl methyl sites for hydroxylation is 2. The fourth-order valence-corrected chi connectivity index (χ4v) is 2.42. The SMILES string of the molecule is CCC(C#N)C(=O)c1ccc2c(c1)CCCC2. The van der Waals surface area contributed by atoms with E-state index in [9.17, 15) is 4.79 Å². The van der Waals surface area contributed by atoms with Gasteiger partial charge in [0.25, 0.3) is 0 Å². The van der Waals surface area contributed by atoms with Crippen LogP contribution in [0.5, 0.6) is 0 Å². The number of hydrogen-bond donors (Lipinski definition) is 0.